The number of hydrogen-bond acceptors (Lipinski definition) is 9. The molecule has 0 spiro atoms. The third-order valence-electron chi connectivity index (χ3n) is 14.3. The molecule has 47 heavy (non-hydrogen) atoms. The fourth-order valence-electron chi connectivity index (χ4n) is 13.0. The summed E-state index contributed by atoms with van der Waals surface area (Å²) in [5.41, 5.74) is -0.570. The molecule has 7 rings (SSSR count). The van der Waals surface area contributed by atoms with Crippen molar-refractivity contribution in [3.63, 3.8) is 0 Å². The van der Waals surface area contributed by atoms with Crippen LogP contribution in [0.3, 0.4) is 0 Å². The maximum Gasteiger partial charge on any atom is 0.317 e. The van der Waals surface area contributed by atoms with Crippen LogP contribution in [0.25, 0.3) is 0 Å². The van der Waals surface area contributed by atoms with Crippen LogP contribution < -0.4 is 0 Å². The highest BCUT2D eigenvalue weighted by atomic mass is 16.6. The van der Waals surface area contributed by atoms with Crippen molar-refractivity contribution < 1.29 is 48.4 Å². The number of carbonyl (C=O) groups is 5. The van der Waals surface area contributed by atoms with E-state index in [9.17, 15) is 34.2 Å². The van der Waals surface area contributed by atoms with Gasteiger partial charge in [-0.1, -0.05) is 13.8 Å². The van der Waals surface area contributed by atoms with Crippen LogP contribution in [0.1, 0.15) is 79.6 Å². The van der Waals surface area contributed by atoms with E-state index in [-0.39, 0.29) is 96.2 Å². The highest BCUT2D eigenvalue weighted by Gasteiger charge is 2.70. The maximum absolute atomic E-state index is 13.6. The van der Waals surface area contributed by atoms with Gasteiger partial charge in [0.25, 0.3) is 0 Å². The van der Waals surface area contributed by atoms with E-state index < -0.39 is 41.3 Å². The topological polar surface area (TPSA) is 154 Å². The van der Waals surface area contributed by atoms with Crippen molar-refractivity contribution in [3.05, 3.63) is 0 Å². The molecule has 17 atom stereocenters. The molecule has 0 radical (unpaired) electrons. The first-order chi connectivity index (χ1) is 22.2. The average Bonchev–Trinajstić information content (AvgIpc) is 3.84. The molecule has 0 aromatic heterocycles. The lowest BCUT2D eigenvalue weighted by molar-refractivity contribution is -0.165. The number of fused-ring (bicyclic) bond motifs is 6. The Bertz CT molecular complexity index is 1320. The summed E-state index contributed by atoms with van der Waals surface area (Å²) >= 11 is 0. The van der Waals surface area contributed by atoms with Crippen LogP contribution in [0.5, 0.6) is 0 Å². The van der Waals surface area contributed by atoms with Crippen LogP contribution >= 0.6 is 0 Å². The molecule has 0 aromatic carbocycles. The Morgan fingerprint density at radius 2 is 1.30 bits per heavy atom. The minimum atomic E-state index is -0.844. The van der Waals surface area contributed by atoms with E-state index in [4.69, 9.17) is 14.2 Å². The maximum atomic E-state index is 13.6. The smallest absolute Gasteiger partial charge is 0.317 e. The summed E-state index contributed by atoms with van der Waals surface area (Å²) < 4.78 is 16.8. The molecule has 10 heteroatoms. The number of hydrogen-bond donors (Lipinski definition) is 2. The van der Waals surface area contributed by atoms with Crippen molar-refractivity contribution in [1.29, 1.82) is 0 Å². The van der Waals surface area contributed by atoms with Crippen molar-refractivity contribution in [2.24, 2.45) is 101 Å². The third-order valence-corrected chi connectivity index (χ3v) is 14.3. The van der Waals surface area contributed by atoms with E-state index in [1.165, 1.54) is 0 Å². The Balaban J connectivity index is 1.27. The molecule has 17 unspecified atom stereocenters. The van der Waals surface area contributed by atoms with Crippen LogP contribution in [0.2, 0.25) is 0 Å². The summed E-state index contributed by atoms with van der Waals surface area (Å²) in [5, 5.41) is 19.5. The van der Waals surface area contributed by atoms with Crippen LogP contribution in [-0.4, -0.2) is 58.9 Å². The summed E-state index contributed by atoms with van der Waals surface area (Å²) in [6.07, 6.45) is 5.07. The lowest BCUT2D eigenvalue weighted by Crippen LogP contribution is -2.50. The van der Waals surface area contributed by atoms with Gasteiger partial charge in [0.05, 0.1) is 36.2 Å². The molecule has 260 valence electrons. The van der Waals surface area contributed by atoms with Gasteiger partial charge < -0.3 is 24.4 Å². The Morgan fingerprint density at radius 3 is 1.87 bits per heavy atom. The van der Waals surface area contributed by atoms with Crippen molar-refractivity contribution in [2.45, 2.75) is 85.2 Å². The molecule has 0 amide bonds. The molecule has 1 saturated heterocycles. The SMILES string of the molecule is CC1C(=O)OC(=O)C1C1C2CC(CC2C(=O)O)C1C1C2CC(CC2C(=O)OCCCO)C1C1C(C)C2CC(C(=O)OC(C)(C)C)C1C2. The standard InChI is InChI=1S/C37H52O10/c1-15-17-9-21(25(10-17)35(43)47-37(3,4)5)26(15)28-19-12-22(24(14-19)34(42)45-8-6-7-38)31(28)29-18-11-20(23(13-18)32(39)40)30(29)27-16(2)33(41)46-36(27)44/h15-31,38H,6-14H2,1-5H3,(H,39,40). The van der Waals surface area contributed by atoms with Gasteiger partial charge in [-0.3, -0.25) is 24.0 Å². The predicted molar refractivity (Wildman–Crippen MR) is 166 cm³/mol. The zero-order valence-electron chi connectivity index (χ0n) is 28.3. The Kier molecular flexibility index (Phi) is 8.32. The van der Waals surface area contributed by atoms with Gasteiger partial charge in [0.1, 0.15) is 5.60 Å². The number of aliphatic hydroxyl groups is 1. The van der Waals surface area contributed by atoms with Crippen LogP contribution in [0.15, 0.2) is 0 Å². The molecule has 7 aliphatic rings. The Morgan fingerprint density at radius 1 is 0.745 bits per heavy atom. The van der Waals surface area contributed by atoms with Crippen molar-refractivity contribution >= 4 is 29.8 Å². The fraction of sp³-hybridized carbons (Fsp3) is 0.865. The molecular formula is C37H52O10. The molecule has 6 aliphatic carbocycles. The predicted octanol–water partition coefficient (Wildman–Crippen LogP) is 4.36. The highest BCUT2D eigenvalue weighted by Crippen LogP contribution is 2.72. The van der Waals surface area contributed by atoms with Gasteiger partial charge >= 0.3 is 29.8 Å². The first-order valence-electron chi connectivity index (χ1n) is 18.2. The van der Waals surface area contributed by atoms with E-state index in [0.717, 1.165) is 25.7 Å². The minimum absolute atomic E-state index is 0.0131. The number of carboxylic acids is 1. The van der Waals surface area contributed by atoms with E-state index in [1.807, 2.05) is 20.8 Å². The van der Waals surface area contributed by atoms with Crippen molar-refractivity contribution in [1.82, 2.24) is 0 Å². The van der Waals surface area contributed by atoms with Gasteiger partial charge in [0, 0.05) is 13.0 Å². The minimum Gasteiger partial charge on any atom is -0.481 e. The quantitative estimate of drug-likeness (QED) is 0.158. The van der Waals surface area contributed by atoms with E-state index in [0.29, 0.717) is 31.1 Å². The van der Waals surface area contributed by atoms with Gasteiger partial charge in [-0.15, -0.1) is 0 Å². The van der Waals surface area contributed by atoms with Crippen molar-refractivity contribution in [2.75, 3.05) is 13.2 Å². The van der Waals surface area contributed by atoms with Gasteiger partial charge in [0.2, 0.25) is 0 Å². The lowest BCUT2D eigenvalue weighted by atomic mass is 9.53. The Labute approximate surface area is 277 Å². The number of aliphatic carboxylic acids is 1. The number of ether oxygens (including phenoxy) is 3. The average molecular weight is 657 g/mol. The first kappa shape index (κ1) is 33.0. The number of cyclic esters (lactones) is 2. The molecule has 7 fully saturated rings. The zero-order valence-corrected chi connectivity index (χ0v) is 28.3. The fourth-order valence-corrected chi connectivity index (χ4v) is 13.0. The summed E-state index contributed by atoms with van der Waals surface area (Å²) in [5.74, 6) is -3.21. The summed E-state index contributed by atoms with van der Waals surface area (Å²) in [7, 11) is 0. The van der Waals surface area contributed by atoms with Gasteiger partial charge in [0.15, 0.2) is 0 Å². The molecule has 6 bridgehead atoms. The second kappa shape index (κ2) is 11.8. The molecule has 2 N–H and O–H groups in total. The number of carbonyl (C=O) groups excluding carboxylic acids is 4. The van der Waals surface area contributed by atoms with E-state index >= 15 is 0 Å². The largest absolute Gasteiger partial charge is 0.481 e. The third kappa shape index (κ3) is 5.25. The molecule has 10 nitrogen and oxygen atoms in total. The van der Waals surface area contributed by atoms with Gasteiger partial charge in [-0.05, 0) is 130 Å². The molecule has 1 heterocycles. The highest BCUT2D eigenvalue weighted by molar-refractivity contribution is 5.96. The molecular weight excluding hydrogens is 604 g/mol. The summed E-state index contributed by atoms with van der Waals surface area (Å²) in [6.45, 7) is 9.90. The first-order valence-corrected chi connectivity index (χ1v) is 18.2. The van der Waals surface area contributed by atoms with Crippen LogP contribution in [0, 0.1) is 101 Å². The van der Waals surface area contributed by atoms with Crippen molar-refractivity contribution in [3.8, 4) is 0 Å². The number of aliphatic hydroxyl groups excluding tert-OH is 1. The van der Waals surface area contributed by atoms with Crippen LogP contribution in [0.4, 0.5) is 0 Å². The number of carboxylic acid groups (broad SMARTS) is 1. The van der Waals surface area contributed by atoms with Crippen LogP contribution in [-0.2, 0) is 38.2 Å². The summed E-state index contributed by atoms with van der Waals surface area (Å²) in [6, 6.07) is 0. The van der Waals surface area contributed by atoms with E-state index in [2.05, 4.69) is 6.92 Å². The zero-order chi connectivity index (χ0) is 33.7. The summed E-state index contributed by atoms with van der Waals surface area (Å²) in [4.78, 5) is 65.7. The monoisotopic (exact) mass is 656 g/mol. The number of esters is 4. The van der Waals surface area contributed by atoms with E-state index in [1.54, 1.807) is 6.92 Å². The van der Waals surface area contributed by atoms with Gasteiger partial charge in [-0.25, -0.2) is 0 Å². The lowest BCUT2D eigenvalue weighted by Gasteiger charge is -2.51. The normalized spacial score (nSPS) is 47.9. The molecule has 0 aromatic rings. The second-order valence-corrected chi connectivity index (χ2v) is 17.4. The Hall–Kier alpha value is -2.49. The number of rotatable bonds is 9. The molecule has 6 saturated carbocycles. The van der Waals surface area contributed by atoms with Gasteiger partial charge in [-0.2, -0.15) is 0 Å². The molecule has 1 aliphatic heterocycles. The second-order valence-electron chi connectivity index (χ2n) is 17.4.